The highest BCUT2D eigenvalue weighted by molar-refractivity contribution is 7.92. The summed E-state index contributed by atoms with van der Waals surface area (Å²) in [4.78, 5) is 13.2. The third-order valence-electron chi connectivity index (χ3n) is 5.97. The standard InChI is InChI=1S/C24H31ClN2O3S/c1-5-23(27(31(4,29)30)21-13-10-16(2)22(25)15-21)24(28)26-17(3)19-12-11-18-8-6-7-9-20(18)14-19/h10-15,17,23H,5-9H2,1-4H3,(H,26,28)/t17-,23-/m0/s1. The maximum absolute atomic E-state index is 13.2. The van der Waals surface area contributed by atoms with Crippen molar-refractivity contribution in [3.63, 3.8) is 0 Å². The molecule has 1 N–H and O–H groups in total. The van der Waals surface area contributed by atoms with E-state index in [-0.39, 0.29) is 11.9 Å². The largest absolute Gasteiger partial charge is 0.348 e. The van der Waals surface area contributed by atoms with Crippen LogP contribution in [0.4, 0.5) is 5.69 Å². The SMILES string of the molecule is CC[C@@H](C(=O)N[C@@H](C)c1ccc2c(c1)CCCC2)N(c1ccc(C)c(Cl)c1)S(C)(=O)=O. The molecular weight excluding hydrogens is 432 g/mol. The van der Waals surface area contributed by atoms with Crippen molar-refractivity contribution in [2.45, 2.75) is 65.0 Å². The second-order valence-electron chi connectivity index (χ2n) is 8.38. The smallest absolute Gasteiger partial charge is 0.244 e. The molecule has 1 aliphatic carbocycles. The number of nitrogens with zero attached hydrogens (tertiary/aromatic N) is 1. The Bertz CT molecular complexity index is 1070. The lowest BCUT2D eigenvalue weighted by atomic mass is 9.89. The van der Waals surface area contributed by atoms with Crippen molar-refractivity contribution in [2.24, 2.45) is 0 Å². The summed E-state index contributed by atoms with van der Waals surface area (Å²) in [6.07, 6.45) is 6.04. The quantitative estimate of drug-likeness (QED) is 0.633. The molecule has 0 aliphatic heterocycles. The Hall–Kier alpha value is -2.05. The van der Waals surface area contributed by atoms with Gasteiger partial charge in [-0.1, -0.05) is 42.8 Å². The van der Waals surface area contributed by atoms with Crippen molar-refractivity contribution >= 4 is 33.2 Å². The summed E-state index contributed by atoms with van der Waals surface area (Å²) in [5.41, 5.74) is 5.01. The van der Waals surface area contributed by atoms with Crippen LogP contribution in [-0.4, -0.2) is 26.6 Å². The van der Waals surface area contributed by atoms with Gasteiger partial charge in [0.15, 0.2) is 0 Å². The highest BCUT2D eigenvalue weighted by atomic mass is 35.5. The van der Waals surface area contributed by atoms with E-state index >= 15 is 0 Å². The van der Waals surface area contributed by atoms with E-state index in [1.54, 1.807) is 18.2 Å². The van der Waals surface area contributed by atoms with Crippen molar-refractivity contribution < 1.29 is 13.2 Å². The van der Waals surface area contributed by atoms with E-state index in [9.17, 15) is 13.2 Å². The molecule has 0 saturated carbocycles. The van der Waals surface area contributed by atoms with Gasteiger partial charge in [-0.2, -0.15) is 0 Å². The van der Waals surface area contributed by atoms with Gasteiger partial charge in [-0.05, 0) is 80.3 Å². The molecule has 5 nitrogen and oxygen atoms in total. The Kier molecular flexibility index (Phi) is 7.32. The molecule has 0 heterocycles. The number of fused-ring (bicyclic) bond motifs is 1. The molecule has 0 spiro atoms. The van der Waals surface area contributed by atoms with Gasteiger partial charge in [0.2, 0.25) is 15.9 Å². The number of amides is 1. The number of sulfonamides is 1. The fourth-order valence-electron chi connectivity index (χ4n) is 4.19. The molecule has 31 heavy (non-hydrogen) atoms. The summed E-state index contributed by atoms with van der Waals surface area (Å²) in [5, 5.41) is 3.49. The Balaban J connectivity index is 1.85. The number of carbonyl (C=O) groups is 1. The van der Waals surface area contributed by atoms with Crippen LogP contribution in [0.3, 0.4) is 0 Å². The molecule has 0 fully saturated rings. The number of aryl methyl sites for hydroxylation is 3. The number of hydrogen-bond donors (Lipinski definition) is 1. The molecule has 1 amide bonds. The Morgan fingerprint density at radius 2 is 1.81 bits per heavy atom. The molecule has 0 unspecified atom stereocenters. The fourth-order valence-corrected chi connectivity index (χ4v) is 5.57. The number of carbonyl (C=O) groups excluding carboxylic acids is 1. The third-order valence-corrected chi connectivity index (χ3v) is 7.56. The summed E-state index contributed by atoms with van der Waals surface area (Å²) >= 11 is 6.24. The second-order valence-corrected chi connectivity index (χ2v) is 10.6. The molecule has 0 bridgehead atoms. The molecule has 7 heteroatoms. The van der Waals surface area contributed by atoms with Crippen LogP contribution in [0, 0.1) is 6.92 Å². The van der Waals surface area contributed by atoms with Crippen LogP contribution in [0.5, 0.6) is 0 Å². The first-order valence-corrected chi connectivity index (χ1v) is 13.0. The van der Waals surface area contributed by atoms with Gasteiger partial charge in [-0.3, -0.25) is 9.10 Å². The molecule has 2 aromatic carbocycles. The van der Waals surface area contributed by atoms with Crippen molar-refractivity contribution in [3.8, 4) is 0 Å². The zero-order valence-electron chi connectivity index (χ0n) is 18.6. The molecule has 2 atom stereocenters. The lowest BCUT2D eigenvalue weighted by molar-refractivity contribution is -0.122. The second kappa shape index (κ2) is 9.61. The topological polar surface area (TPSA) is 66.5 Å². The van der Waals surface area contributed by atoms with Crippen molar-refractivity contribution in [3.05, 3.63) is 63.7 Å². The highest BCUT2D eigenvalue weighted by Crippen LogP contribution is 2.29. The number of rotatable bonds is 7. The van der Waals surface area contributed by atoms with E-state index in [4.69, 9.17) is 11.6 Å². The van der Waals surface area contributed by atoms with Crippen LogP contribution in [0.25, 0.3) is 0 Å². The zero-order valence-corrected chi connectivity index (χ0v) is 20.2. The van der Waals surface area contributed by atoms with Crippen molar-refractivity contribution in [1.82, 2.24) is 5.32 Å². The van der Waals surface area contributed by atoms with Gasteiger partial charge in [-0.25, -0.2) is 8.42 Å². The normalized spacial score (nSPS) is 15.6. The highest BCUT2D eigenvalue weighted by Gasteiger charge is 2.32. The number of anilines is 1. The summed E-state index contributed by atoms with van der Waals surface area (Å²) in [6.45, 7) is 5.59. The van der Waals surface area contributed by atoms with E-state index in [0.717, 1.165) is 30.2 Å². The van der Waals surface area contributed by atoms with Crippen LogP contribution in [-0.2, 0) is 27.7 Å². The van der Waals surface area contributed by atoms with Gasteiger partial charge in [0.1, 0.15) is 6.04 Å². The number of benzene rings is 2. The number of halogens is 1. The predicted octanol–water partition coefficient (Wildman–Crippen LogP) is 4.95. The molecule has 0 radical (unpaired) electrons. The average molecular weight is 463 g/mol. The van der Waals surface area contributed by atoms with E-state index in [2.05, 4.69) is 23.5 Å². The summed E-state index contributed by atoms with van der Waals surface area (Å²) in [5.74, 6) is -0.324. The number of nitrogens with one attached hydrogen (secondary N) is 1. The maximum Gasteiger partial charge on any atom is 0.244 e. The number of hydrogen-bond acceptors (Lipinski definition) is 3. The first-order valence-electron chi connectivity index (χ1n) is 10.8. The van der Waals surface area contributed by atoms with Gasteiger partial charge >= 0.3 is 0 Å². The minimum atomic E-state index is -3.70. The summed E-state index contributed by atoms with van der Waals surface area (Å²) in [6, 6.07) is 10.3. The predicted molar refractivity (Wildman–Crippen MR) is 127 cm³/mol. The van der Waals surface area contributed by atoms with Gasteiger partial charge in [0.25, 0.3) is 0 Å². The summed E-state index contributed by atoms with van der Waals surface area (Å²) < 4.78 is 26.5. The van der Waals surface area contributed by atoms with Crippen LogP contribution >= 0.6 is 11.6 Å². The fraction of sp³-hybridized carbons (Fsp3) is 0.458. The van der Waals surface area contributed by atoms with Gasteiger partial charge in [0.05, 0.1) is 18.0 Å². The minimum absolute atomic E-state index is 0.225. The van der Waals surface area contributed by atoms with Crippen LogP contribution in [0.1, 0.15) is 61.4 Å². The van der Waals surface area contributed by atoms with Crippen molar-refractivity contribution in [2.75, 3.05) is 10.6 Å². The zero-order chi connectivity index (χ0) is 22.8. The molecule has 0 saturated heterocycles. The minimum Gasteiger partial charge on any atom is -0.348 e. The Labute approximate surface area is 190 Å². The first-order chi connectivity index (χ1) is 14.6. The molecule has 0 aromatic heterocycles. The first kappa shape index (κ1) is 23.6. The molecule has 168 valence electrons. The van der Waals surface area contributed by atoms with Crippen LogP contribution in [0.2, 0.25) is 5.02 Å². The third kappa shape index (κ3) is 5.42. The Morgan fingerprint density at radius 3 is 2.42 bits per heavy atom. The molecule has 1 aliphatic rings. The van der Waals surface area contributed by atoms with E-state index in [1.807, 2.05) is 20.8 Å². The Morgan fingerprint density at radius 1 is 1.13 bits per heavy atom. The monoisotopic (exact) mass is 462 g/mol. The van der Waals surface area contributed by atoms with Gasteiger partial charge < -0.3 is 5.32 Å². The van der Waals surface area contributed by atoms with Crippen LogP contribution < -0.4 is 9.62 Å². The molecule has 2 aromatic rings. The van der Waals surface area contributed by atoms with E-state index < -0.39 is 16.1 Å². The van der Waals surface area contributed by atoms with Gasteiger partial charge in [0, 0.05) is 5.02 Å². The van der Waals surface area contributed by atoms with Crippen molar-refractivity contribution in [1.29, 1.82) is 0 Å². The maximum atomic E-state index is 13.2. The lowest BCUT2D eigenvalue weighted by Gasteiger charge is -2.31. The van der Waals surface area contributed by atoms with E-state index in [0.29, 0.717) is 17.1 Å². The van der Waals surface area contributed by atoms with Crippen LogP contribution in [0.15, 0.2) is 36.4 Å². The lowest BCUT2D eigenvalue weighted by Crippen LogP contribution is -2.49. The average Bonchev–Trinajstić information content (AvgIpc) is 2.72. The van der Waals surface area contributed by atoms with Gasteiger partial charge in [-0.15, -0.1) is 0 Å². The molecule has 3 rings (SSSR count). The van der Waals surface area contributed by atoms with E-state index in [1.165, 1.54) is 28.3 Å². The molecular formula is C24H31ClN2O3S. The summed E-state index contributed by atoms with van der Waals surface area (Å²) in [7, 11) is -3.70.